The van der Waals surface area contributed by atoms with Crippen LogP contribution in [-0.2, 0) is 18.1 Å². The molecule has 4 heavy (non-hydrogen) atoms. The average molecular weight is 144 g/mol. The van der Waals surface area contributed by atoms with Crippen LogP contribution < -0.4 is 12.9 Å². The Balaban J connectivity index is 2.32. The van der Waals surface area contributed by atoms with Crippen molar-refractivity contribution in [2.24, 2.45) is 12.9 Å². The molecule has 0 saturated carbocycles. The maximum atomic E-state index is 4.84. The van der Waals surface area contributed by atoms with Gasteiger partial charge in [-0.05, 0) is 0 Å². The van der Waals surface area contributed by atoms with Gasteiger partial charge in [0.1, 0.15) is 0 Å². The van der Waals surface area contributed by atoms with Crippen LogP contribution in [0.2, 0.25) is 0 Å². The summed E-state index contributed by atoms with van der Waals surface area (Å²) in [5.74, 6) is 0. The molecule has 0 aromatic heterocycles. The summed E-state index contributed by atoms with van der Waals surface area (Å²) in [5, 5.41) is 0. The van der Waals surface area contributed by atoms with Gasteiger partial charge in [0.25, 0.3) is 0 Å². The van der Waals surface area contributed by atoms with Crippen LogP contribution in [0.5, 0.6) is 0 Å². The number of nitrogens with two attached hydrogens (primary N) is 3. The Hall–Kier alpha value is 0.568. The normalized spacial score (nSPS) is 9.00. The molecule has 0 amide bonds. The van der Waals surface area contributed by atoms with Gasteiger partial charge in [-0.15, -0.1) is 0 Å². The fourth-order valence-corrected chi connectivity index (χ4v) is 0. The maximum absolute atomic E-state index is 4.84. The zero-order chi connectivity index (χ0) is 3.58. The van der Waals surface area contributed by atoms with Crippen LogP contribution >= 0.6 is 0 Å². The first kappa shape index (κ1) is 4.57. The Kier molecular flexibility index (Phi) is 2.11. The average Bonchev–Trinajstić information content (AvgIpc) is 0.811. The molecule has 0 aliphatic heterocycles. The molecule has 0 atom stereocenters. The first-order valence-electron chi connectivity index (χ1n) is 0.707. The van der Waals surface area contributed by atoms with Crippen molar-refractivity contribution < 1.29 is 18.1 Å². The van der Waals surface area contributed by atoms with Crippen LogP contribution in [0.3, 0.4) is 0 Å². The van der Waals surface area contributed by atoms with Gasteiger partial charge in [-0.3, -0.25) is 0 Å². The predicted octanol–water partition coefficient (Wildman–Crippen LogP) is -1.77. The van der Waals surface area contributed by atoms with E-state index >= 15 is 0 Å². The summed E-state index contributed by atoms with van der Waals surface area (Å²) in [6, 6.07) is 0. The summed E-state index contributed by atoms with van der Waals surface area (Å²) in [5.41, 5.74) is 0. The zero-order valence-electron chi connectivity index (χ0n) is 2.14. The second-order valence-corrected chi connectivity index (χ2v) is 2.42. The Bertz CT molecular complexity index is 8.00. The number of hydrogen-bond acceptors (Lipinski definition) is 3. The molecule has 0 aliphatic carbocycles. The van der Waals surface area contributed by atoms with Gasteiger partial charge in [-0.2, -0.15) is 0 Å². The van der Waals surface area contributed by atoms with E-state index in [-0.39, 0.29) is 0 Å². The fraction of sp³-hybridized carbons (Fsp3) is 0. The van der Waals surface area contributed by atoms with E-state index in [1.54, 1.807) is 0 Å². The second-order valence-electron chi connectivity index (χ2n) is 0.408. The van der Waals surface area contributed by atoms with Crippen molar-refractivity contribution in [3.05, 3.63) is 0 Å². The quantitative estimate of drug-likeness (QED) is 0.352. The van der Waals surface area contributed by atoms with Crippen molar-refractivity contribution in [2.45, 2.75) is 0 Å². The molecule has 0 aromatic rings. The van der Waals surface area contributed by atoms with Gasteiger partial charge in [-0.25, -0.2) is 0 Å². The summed E-state index contributed by atoms with van der Waals surface area (Å²) in [6.45, 7) is 0. The third kappa shape index (κ3) is 19.6. The molecule has 0 saturated heterocycles. The van der Waals surface area contributed by atoms with Crippen molar-refractivity contribution in [1.82, 2.24) is 0 Å². The summed E-state index contributed by atoms with van der Waals surface area (Å²) in [6.07, 6.45) is 0. The van der Waals surface area contributed by atoms with Crippen LogP contribution in [0, 0.1) is 0 Å². The monoisotopic (exact) mass is 146 g/mol. The van der Waals surface area contributed by atoms with Crippen LogP contribution in [0.15, 0.2) is 0 Å². The van der Waals surface area contributed by atoms with E-state index < -0.39 is 18.1 Å². The molecule has 3 nitrogen and oxygen atoms in total. The van der Waals surface area contributed by atoms with E-state index in [9.17, 15) is 0 Å². The van der Waals surface area contributed by atoms with Gasteiger partial charge in [0, 0.05) is 0 Å². The first-order chi connectivity index (χ1) is 1.73. The van der Waals surface area contributed by atoms with Crippen LogP contribution in [0.1, 0.15) is 0 Å². The van der Waals surface area contributed by atoms with Gasteiger partial charge in [0.15, 0.2) is 0 Å². The summed E-state index contributed by atoms with van der Waals surface area (Å²) < 4.78 is 14.5. The molecule has 0 aliphatic rings. The molecule has 0 rings (SSSR count). The van der Waals surface area contributed by atoms with E-state index in [0.717, 1.165) is 0 Å². The SMILES string of the molecule is [NH2][Mo]([NH2])[NH2]. The third-order valence-electron chi connectivity index (χ3n) is 0. The molecule has 4 heteroatoms. The van der Waals surface area contributed by atoms with Crippen molar-refractivity contribution >= 4 is 0 Å². The van der Waals surface area contributed by atoms with E-state index in [2.05, 4.69) is 0 Å². The van der Waals surface area contributed by atoms with Crippen molar-refractivity contribution in [1.29, 1.82) is 0 Å². The van der Waals surface area contributed by atoms with Crippen LogP contribution in [0.4, 0.5) is 0 Å². The van der Waals surface area contributed by atoms with Crippen molar-refractivity contribution in [3.8, 4) is 0 Å². The molecular weight excluding hydrogens is 138 g/mol. The molecular formula is H6MoN3. The molecule has 6 N–H and O–H groups in total. The molecule has 0 heterocycles. The molecule has 0 spiro atoms. The van der Waals surface area contributed by atoms with Crippen LogP contribution in [0.25, 0.3) is 0 Å². The molecule has 0 radical (unpaired) electrons. The van der Waals surface area contributed by atoms with E-state index in [0.29, 0.717) is 0 Å². The van der Waals surface area contributed by atoms with E-state index in [1.165, 1.54) is 0 Å². The summed E-state index contributed by atoms with van der Waals surface area (Å²) >= 11 is -1.86. The topological polar surface area (TPSA) is 78.1 Å². The number of hydrogen-bond donors (Lipinski definition) is 3. The molecule has 0 fully saturated rings. The van der Waals surface area contributed by atoms with Gasteiger partial charge < -0.3 is 0 Å². The Morgan fingerprint density at radius 2 is 1.00 bits per heavy atom. The predicted molar refractivity (Wildman–Crippen MR) is 12.6 cm³/mol. The molecule has 0 aromatic carbocycles. The van der Waals surface area contributed by atoms with Gasteiger partial charge in [0.2, 0.25) is 0 Å². The van der Waals surface area contributed by atoms with E-state index in [1.807, 2.05) is 0 Å². The third-order valence-corrected chi connectivity index (χ3v) is 0. The Morgan fingerprint density at radius 3 is 1.00 bits per heavy atom. The molecule has 0 bridgehead atoms. The van der Waals surface area contributed by atoms with Crippen molar-refractivity contribution in [2.75, 3.05) is 0 Å². The van der Waals surface area contributed by atoms with Gasteiger partial charge >= 0.3 is 30.9 Å². The van der Waals surface area contributed by atoms with E-state index in [4.69, 9.17) is 12.9 Å². The zero-order valence-corrected chi connectivity index (χ0v) is 4.15. The summed E-state index contributed by atoms with van der Waals surface area (Å²) in [7, 11) is 0. The Labute approximate surface area is 31.6 Å². The van der Waals surface area contributed by atoms with Gasteiger partial charge in [0.05, 0.1) is 0 Å². The fourth-order valence-electron chi connectivity index (χ4n) is 0. The number of rotatable bonds is 0. The molecule has 27 valence electrons. The minimum absolute atomic E-state index is 1.86. The van der Waals surface area contributed by atoms with Crippen LogP contribution in [-0.4, -0.2) is 0 Å². The Morgan fingerprint density at radius 1 is 1.00 bits per heavy atom. The van der Waals surface area contributed by atoms with Gasteiger partial charge in [-0.1, -0.05) is 0 Å². The first-order valence-corrected chi connectivity index (χ1v) is 4.18. The summed E-state index contributed by atoms with van der Waals surface area (Å²) in [4.78, 5) is 0. The molecule has 0 unspecified atom stereocenters. The second kappa shape index (κ2) is 1.85. The minimum atomic E-state index is -1.86. The van der Waals surface area contributed by atoms with Crippen molar-refractivity contribution in [3.63, 3.8) is 0 Å². The standard InChI is InChI=1S/Mo.3H2N/h;3*1H2/q+3;3*-1.